The van der Waals surface area contributed by atoms with Gasteiger partial charge in [-0.05, 0) is 77.8 Å². The molecule has 0 fully saturated rings. The third kappa shape index (κ3) is 4.87. The highest BCUT2D eigenvalue weighted by atomic mass is 32.1. The summed E-state index contributed by atoms with van der Waals surface area (Å²) in [6.45, 7) is 8.87. The van der Waals surface area contributed by atoms with E-state index in [2.05, 4.69) is 109 Å². The van der Waals surface area contributed by atoms with E-state index in [9.17, 15) is 0 Å². The second-order valence-electron chi connectivity index (χ2n) is 12.2. The first kappa shape index (κ1) is 26.1. The maximum atomic E-state index is 6.33. The van der Waals surface area contributed by atoms with E-state index in [0.29, 0.717) is 0 Å². The normalized spacial score (nSPS) is 19.8. The predicted molar refractivity (Wildman–Crippen MR) is 171 cm³/mol. The van der Waals surface area contributed by atoms with Gasteiger partial charge in [-0.2, -0.15) is 4.57 Å². The molecule has 7 rings (SSSR count). The maximum Gasteiger partial charge on any atom is 0.263 e. The lowest BCUT2D eigenvalue weighted by molar-refractivity contribution is -0.671. The number of rotatable bonds is 5. The summed E-state index contributed by atoms with van der Waals surface area (Å²) in [5.41, 5.74) is 6.90. The molecule has 41 heavy (non-hydrogen) atoms. The van der Waals surface area contributed by atoms with Gasteiger partial charge in [-0.3, -0.25) is 0 Å². The largest absolute Gasteiger partial charge is 0.497 e. The molecule has 0 radical (unpaired) electrons. The number of allylic oxidation sites excluding steroid dienone is 6. The molecule has 0 N–H and O–H groups in total. The fraction of sp³-hybridized carbons (Fsp3) is 0.306. The summed E-state index contributed by atoms with van der Waals surface area (Å²) in [5, 5.41) is 3.78. The van der Waals surface area contributed by atoms with Crippen LogP contribution in [-0.2, 0) is 13.0 Å². The van der Waals surface area contributed by atoms with Crippen molar-refractivity contribution in [3.05, 3.63) is 100 Å². The molecule has 3 aliphatic rings. The monoisotopic (exact) mass is 561 g/mol. The number of ether oxygens (including phenoxy) is 2. The molecule has 0 saturated heterocycles. The highest BCUT2D eigenvalue weighted by molar-refractivity contribution is 7.18. The van der Waals surface area contributed by atoms with Gasteiger partial charge in [0.05, 0.1) is 12.8 Å². The first-order valence-electron chi connectivity index (χ1n) is 14.7. The van der Waals surface area contributed by atoms with Crippen LogP contribution in [0.1, 0.15) is 50.6 Å². The summed E-state index contributed by atoms with van der Waals surface area (Å²) < 4.78 is 15.8. The van der Waals surface area contributed by atoms with Crippen LogP contribution in [0.2, 0.25) is 0 Å². The van der Waals surface area contributed by atoms with Crippen molar-refractivity contribution >= 4 is 44.1 Å². The standard InChI is InChI=1S/C36H37N2O2S/c1-5-37-30-19-26-11-6-7-12-27(26)20-31(30)40-33(37)14-8-10-24-16-25(23-36(2,3)22-24)17-34-38-15-9-13-28-18-29(39-4)21-32(41-34)35(28)38/h6-8,10-12,14,16-21H,5,9,13,15,22-23H2,1-4H3/q+1. The molecule has 1 aliphatic carbocycles. The van der Waals surface area contributed by atoms with E-state index in [-0.39, 0.29) is 5.41 Å². The predicted octanol–water partition coefficient (Wildman–Crippen LogP) is 8.74. The Morgan fingerprint density at radius 1 is 1.10 bits per heavy atom. The summed E-state index contributed by atoms with van der Waals surface area (Å²) in [7, 11) is 1.76. The Balaban J connectivity index is 1.19. The van der Waals surface area contributed by atoms with Crippen molar-refractivity contribution < 1.29 is 14.0 Å². The van der Waals surface area contributed by atoms with Crippen LogP contribution in [0.5, 0.6) is 11.5 Å². The van der Waals surface area contributed by atoms with E-state index in [0.717, 1.165) is 55.4 Å². The third-order valence-corrected chi connectivity index (χ3v) is 9.53. The molecule has 4 aromatic rings. The van der Waals surface area contributed by atoms with Crippen molar-refractivity contribution in [3.8, 4) is 11.5 Å². The first-order valence-corrected chi connectivity index (χ1v) is 15.5. The number of nitrogens with zero attached hydrogens (tertiary/aromatic N) is 2. The third-order valence-electron chi connectivity index (χ3n) is 8.45. The molecular formula is C36H37N2O2S+. The van der Waals surface area contributed by atoms with E-state index in [1.54, 1.807) is 7.11 Å². The Bertz CT molecular complexity index is 1800. The molecule has 0 atom stereocenters. The number of hydrogen-bond donors (Lipinski definition) is 0. The van der Waals surface area contributed by atoms with Gasteiger partial charge in [-0.15, -0.1) is 0 Å². The Hall–Kier alpha value is -3.83. The number of aromatic nitrogens is 1. The van der Waals surface area contributed by atoms with Crippen LogP contribution in [0, 0.1) is 5.41 Å². The molecule has 0 spiro atoms. The van der Waals surface area contributed by atoms with E-state index < -0.39 is 0 Å². The lowest BCUT2D eigenvalue weighted by Gasteiger charge is -2.30. The average molecular weight is 562 g/mol. The second kappa shape index (κ2) is 10.2. The van der Waals surface area contributed by atoms with Gasteiger partial charge in [0.15, 0.2) is 12.3 Å². The van der Waals surface area contributed by atoms with Gasteiger partial charge in [0.1, 0.15) is 10.4 Å². The van der Waals surface area contributed by atoms with Crippen molar-refractivity contribution in [1.29, 1.82) is 0 Å². The van der Waals surface area contributed by atoms with E-state index in [4.69, 9.17) is 9.47 Å². The fourth-order valence-electron chi connectivity index (χ4n) is 6.72. The van der Waals surface area contributed by atoms with Crippen molar-refractivity contribution in [2.45, 2.75) is 53.0 Å². The van der Waals surface area contributed by atoms with Crippen molar-refractivity contribution in [1.82, 2.24) is 0 Å². The Kier molecular flexibility index (Phi) is 6.50. The van der Waals surface area contributed by atoms with Gasteiger partial charge in [0.25, 0.3) is 5.01 Å². The topological polar surface area (TPSA) is 25.6 Å². The van der Waals surface area contributed by atoms with Gasteiger partial charge >= 0.3 is 0 Å². The van der Waals surface area contributed by atoms with Crippen LogP contribution in [0.15, 0.2) is 89.9 Å². The molecule has 3 heterocycles. The number of aryl methyl sites for hydroxylation is 2. The summed E-state index contributed by atoms with van der Waals surface area (Å²) in [4.78, 5) is 2.25. The molecule has 1 aromatic heterocycles. The summed E-state index contributed by atoms with van der Waals surface area (Å²) in [6, 6.07) is 17.3. The SMILES string of the molecule is CCN1/C(=C/C=C/C2=CC(=C/c3sc4cc(OC)cc5c4[n+]3CCC5)/CC(C)(C)C2)Oc2cc3ccccc3cc21. The van der Waals surface area contributed by atoms with Crippen molar-refractivity contribution in [3.63, 3.8) is 0 Å². The molecule has 2 aliphatic heterocycles. The van der Waals surface area contributed by atoms with Crippen LogP contribution < -0.4 is 18.9 Å². The van der Waals surface area contributed by atoms with Gasteiger partial charge in [0.2, 0.25) is 11.4 Å². The lowest BCUT2D eigenvalue weighted by Crippen LogP contribution is -2.38. The van der Waals surface area contributed by atoms with Gasteiger partial charge in [0, 0.05) is 30.7 Å². The molecule has 208 valence electrons. The molecule has 0 saturated carbocycles. The van der Waals surface area contributed by atoms with Crippen LogP contribution in [0.4, 0.5) is 5.69 Å². The van der Waals surface area contributed by atoms with Crippen LogP contribution in [0.25, 0.3) is 27.1 Å². The Morgan fingerprint density at radius 3 is 2.73 bits per heavy atom. The Morgan fingerprint density at radius 2 is 1.93 bits per heavy atom. The number of anilines is 1. The van der Waals surface area contributed by atoms with Gasteiger partial charge < -0.3 is 14.4 Å². The lowest BCUT2D eigenvalue weighted by atomic mass is 9.75. The van der Waals surface area contributed by atoms with Gasteiger partial charge in [-0.25, -0.2) is 0 Å². The molecule has 0 unspecified atom stereocenters. The zero-order valence-electron chi connectivity index (χ0n) is 24.4. The van der Waals surface area contributed by atoms with Crippen LogP contribution >= 0.6 is 11.3 Å². The molecular weight excluding hydrogens is 524 g/mol. The van der Waals surface area contributed by atoms with E-state index >= 15 is 0 Å². The van der Waals surface area contributed by atoms with Crippen molar-refractivity contribution in [2.75, 3.05) is 18.6 Å². The number of methoxy groups -OCH3 is 1. The Labute approximate surface area is 246 Å². The summed E-state index contributed by atoms with van der Waals surface area (Å²) in [5.74, 6) is 2.78. The minimum absolute atomic E-state index is 0.204. The number of thiazole rings is 1. The highest BCUT2D eigenvalue weighted by Gasteiger charge is 2.30. The fourth-order valence-corrected chi connectivity index (χ4v) is 7.96. The number of benzene rings is 3. The number of hydrogen-bond acceptors (Lipinski definition) is 4. The minimum Gasteiger partial charge on any atom is -0.497 e. The van der Waals surface area contributed by atoms with Crippen LogP contribution in [-0.4, -0.2) is 13.7 Å². The van der Waals surface area contributed by atoms with E-state index in [1.165, 1.54) is 49.1 Å². The molecule has 0 bridgehead atoms. The molecule has 5 heteroatoms. The van der Waals surface area contributed by atoms with Crippen molar-refractivity contribution in [2.24, 2.45) is 5.41 Å². The second-order valence-corrected chi connectivity index (χ2v) is 13.2. The zero-order chi connectivity index (χ0) is 28.1. The van der Waals surface area contributed by atoms with Gasteiger partial charge in [-0.1, -0.05) is 67.7 Å². The average Bonchev–Trinajstić information content (AvgIpc) is 3.48. The molecule has 0 amide bonds. The molecule has 3 aromatic carbocycles. The van der Waals surface area contributed by atoms with Crippen LogP contribution in [0.3, 0.4) is 0 Å². The summed E-state index contributed by atoms with van der Waals surface area (Å²) in [6.07, 6.45) is 15.8. The quantitative estimate of drug-likeness (QED) is 0.228. The minimum atomic E-state index is 0.204. The first-order chi connectivity index (χ1) is 19.9. The zero-order valence-corrected chi connectivity index (χ0v) is 25.2. The summed E-state index contributed by atoms with van der Waals surface area (Å²) >= 11 is 1.89. The van der Waals surface area contributed by atoms with E-state index in [1.807, 2.05) is 11.3 Å². The molecule has 4 nitrogen and oxygen atoms in total. The number of fused-ring (bicyclic) bond motifs is 2. The highest BCUT2D eigenvalue weighted by Crippen LogP contribution is 2.42. The smallest absolute Gasteiger partial charge is 0.263 e. The maximum absolute atomic E-state index is 6.33.